The van der Waals surface area contributed by atoms with Crippen molar-refractivity contribution in [1.82, 2.24) is 5.32 Å². The van der Waals surface area contributed by atoms with E-state index in [1.807, 2.05) is 6.07 Å². The molecule has 1 aromatic rings. The Morgan fingerprint density at radius 2 is 2.12 bits per heavy atom. The zero-order valence-corrected chi connectivity index (χ0v) is 9.84. The summed E-state index contributed by atoms with van der Waals surface area (Å²) in [4.78, 5) is 0.376. The fourth-order valence-corrected chi connectivity index (χ4v) is 3.50. The van der Waals surface area contributed by atoms with Crippen molar-refractivity contribution < 1.29 is 8.42 Å². The molecule has 4 nitrogen and oxygen atoms in total. The molecular weight excluding hydrogens is 224 g/mol. The molecule has 3 N–H and O–H groups in total. The highest BCUT2D eigenvalue weighted by molar-refractivity contribution is 7.95. The lowest BCUT2D eigenvalue weighted by atomic mass is 10.0. The highest BCUT2D eigenvalue weighted by Crippen LogP contribution is 2.35. The normalized spacial score (nSPS) is 17.0. The summed E-state index contributed by atoms with van der Waals surface area (Å²) in [7, 11) is -1.48. The van der Waals surface area contributed by atoms with E-state index in [9.17, 15) is 8.42 Å². The smallest absolute Gasteiger partial charge is 0.200 e. The van der Waals surface area contributed by atoms with Gasteiger partial charge in [0.2, 0.25) is 9.84 Å². The Morgan fingerprint density at radius 3 is 2.75 bits per heavy atom. The Kier molecular flexibility index (Phi) is 2.84. The summed E-state index contributed by atoms with van der Waals surface area (Å²) in [6.45, 7) is 0.878. The maximum atomic E-state index is 11.9. The van der Waals surface area contributed by atoms with E-state index in [1.165, 1.54) is 5.41 Å². The maximum Gasteiger partial charge on any atom is 0.200 e. The molecule has 0 saturated carbocycles. The molecule has 0 spiro atoms. The first kappa shape index (κ1) is 11.3. The summed E-state index contributed by atoms with van der Waals surface area (Å²) >= 11 is 0. The molecule has 0 bridgehead atoms. The Labute approximate surface area is 95.1 Å². The van der Waals surface area contributed by atoms with Crippen molar-refractivity contribution in [3.8, 4) is 0 Å². The van der Waals surface area contributed by atoms with Gasteiger partial charge in [-0.15, -0.1) is 0 Å². The number of likely N-dealkylation sites (N-methyl/N-ethyl adjacent to an activating group) is 1. The molecule has 1 heterocycles. The highest BCUT2D eigenvalue weighted by Gasteiger charge is 2.27. The molecule has 0 aliphatic carbocycles. The molecular formula is C11H14N2O2S. The van der Waals surface area contributed by atoms with Crippen LogP contribution in [0.25, 0.3) is 5.57 Å². The van der Waals surface area contributed by atoms with Crippen molar-refractivity contribution in [2.75, 3.05) is 13.6 Å². The van der Waals surface area contributed by atoms with E-state index in [2.05, 4.69) is 5.32 Å². The second-order valence-corrected chi connectivity index (χ2v) is 5.48. The lowest BCUT2D eigenvalue weighted by Gasteiger charge is -2.08. The van der Waals surface area contributed by atoms with Crippen molar-refractivity contribution in [2.45, 2.75) is 11.4 Å². The number of hydrogen-bond acceptors (Lipinski definition) is 4. The van der Waals surface area contributed by atoms with Crippen LogP contribution in [0.5, 0.6) is 0 Å². The van der Waals surface area contributed by atoms with Crippen molar-refractivity contribution in [3.05, 3.63) is 34.7 Å². The van der Waals surface area contributed by atoms with Crippen LogP contribution >= 0.6 is 0 Å². The van der Waals surface area contributed by atoms with Crippen molar-refractivity contribution in [1.29, 1.82) is 0 Å². The topological polar surface area (TPSA) is 72.2 Å². The molecule has 0 unspecified atom stereocenters. The van der Waals surface area contributed by atoms with Crippen LogP contribution in [0.1, 0.15) is 11.1 Å². The lowest BCUT2D eigenvalue weighted by molar-refractivity contribution is 0.605. The van der Waals surface area contributed by atoms with E-state index in [0.29, 0.717) is 18.0 Å². The Hall–Kier alpha value is -1.17. The van der Waals surface area contributed by atoms with Gasteiger partial charge in [0.25, 0.3) is 0 Å². The SMILES string of the molecule is CNCC1=CS(=O)(=O)c2cccc(CN)c21. The minimum atomic E-state index is -3.27. The van der Waals surface area contributed by atoms with Gasteiger partial charge in [-0.1, -0.05) is 12.1 Å². The number of hydrogen-bond donors (Lipinski definition) is 2. The second kappa shape index (κ2) is 4.01. The van der Waals surface area contributed by atoms with Crippen LogP contribution in [0.3, 0.4) is 0 Å². The van der Waals surface area contributed by atoms with Crippen LogP contribution in [0.2, 0.25) is 0 Å². The number of benzene rings is 1. The average molecular weight is 238 g/mol. The van der Waals surface area contributed by atoms with Gasteiger partial charge in [0.1, 0.15) is 0 Å². The van der Waals surface area contributed by atoms with Gasteiger partial charge in [-0.25, -0.2) is 8.42 Å². The third kappa shape index (κ3) is 1.67. The fraction of sp³-hybridized carbons (Fsp3) is 0.273. The summed E-state index contributed by atoms with van der Waals surface area (Å²) in [6, 6.07) is 5.22. The van der Waals surface area contributed by atoms with Gasteiger partial charge < -0.3 is 11.1 Å². The first-order valence-corrected chi connectivity index (χ1v) is 6.57. The molecule has 0 saturated heterocycles. The summed E-state index contributed by atoms with van der Waals surface area (Å²) < 4.78 is 23.7. The Morgan fingerprint density at radius 1 is 1.38 bits per heavy atom. The molecule has 86 valence electrons. The van der Waals surface area contributed by atoms with Gasteiger partial charge in [0.15, 0.2) is 0 Å². The molecule has 2 rings (SSSR count). The first-order chi connectivity index (χ1) is 7.60. The second-order valence-electron chi connectivity index (χ2n) is 3.71. The minimum absolute atomic E-state index is 0.347. The predicted octanol–water partition coefficient (Wildman–Crippen LogP) is 0.493. The van der Waals surface area contributed by atoms with Gasteiger partial charge in [-0.3, -0.25) is 0 Å². The number of sulfone groups is 1. The molecule has 16 heavy (non-hydrogen) atoms. The van der Waals surface area contributed by atoms with Gasteiger partial charge >= 0.3 is 0 Å². The molecule has 0 fully saturated rings. The van der Waals surface area contributed by atoms with Gasteiger partial charge in [0.05, 0.1) is 4.90 Å². The zero-order chi connectivity index (χ0) is 11.8. The van der Waals surface area contributed by atoms with E-state index in [-0.39, 0.29) is 0 Å². The van der Waals surface area contributed by atoms with Crippen LogP contribution in [-0.2, 0) is 16.4 Å². The van der Waals surface area contributed by atoms with Crippen LogP contribution in [0.15, 0.2) is 28.5 Å². The Bertz CT molecular complexity index is 547. The van der Waals surface area contributed by atoms with E-state index >= 15 is 0 Å². The first-order valence-electron chi connectivity index (χ1n) is 5.02. The van der Waals surface area contributed by atoms with Gasteiger partial charge in [-0.2, -0.15) is 0 Å². The largest absolute Gasteiger partial charge is 0.326 e. The van der Waals surface area contributed by atoms with Crippen molar-refractivity contribution >= 4 is 15.4 Å². The summed E-state index contributed by atoms with van der Waals surface area (Å²) in [5.74, 6) is 0. The molecule has 1 aliphatic rings. The molecule has 0 radical (unpaired) electrons. The predicted molar refractivity (Wildman–Crippen MR) is 63.4 cm³/mol. The number of rotatable bonds is 3. The standard InChI is InChI=1S/C11H14N2O2S/c1-13-6-9-7-16(14,15)10-4-2-3-8(5-12)11(9)10/h2-4,7,13H,5-6,12H2,1H3. The molecule has 0 aromatic heterocycles. The number of nitrogens with one attached hydrogen (secondary N) is 1. The molecule has 0 amide bonds. The summed E-state index contributed by atoms with van der Waals surface area (Å²) in [5.41, 5.74) is 8.07. The quantitative estimate of drug-likeness (QED) is 0.804. The van der Waals surface area contributed by atoms with Crippen LogP contribution in [0.4, 0.5) is 0 Å². The average Bonchev–Trinajstić information content (AvgIpc) is 2.51. The number of nitrogens with two attached hydrogens (primary N) is 1. The zero-order valence-electron chi connectivity index (χ0n) is 9.03. The third-order valence-electron chi connectivity index (χ3n) is 2.62. The molecule has 1 aliphatic heterocycles. The van der Waals surface area contributed by atoms with Crippen LogP contribution in [-0.4, -0.2) is 22.0 Å². The van der Waals surface area contributed by atoms with E-state index in [1.54, 1.807) is 19.2 Å². The molecule has 1 aromatic carbocycles. The van der Waals surface area contributed by atoms with E-state index in [4.69, 9.17) is 5.73 Å². The minimum Gasteiger partial charge on any atom is -0.326 e. The number of fused-ring (bicyclic) bond motifs is 1. The molecule has 5 heteroatoms. The van der Waals surface area contributed by atoms with Gasteiger partial charge in [0, 0.05) is 24.1 Å². The Balaban J connectivity index is 2.67. The lowest BCUT2D eigenvalue weighted by Crippen LogP contribution is -2.11. The fourth-order valence-electron chi connectivity index (χ4n) is 1.98. The maximum absolute atomic E-state index is 11.9. The van der Waals surface area contributed by atoms with Crippen LogP contribution < -0.4 is 11.1 Å². The van der Waals surface area contributed by atoms with Crippen molar-refractivity contribution in [3.63, 3.8) is 0 Å². The molecule has 0 atom stereocenters. The monoisotopic (exact) mass is 238 g/mol. The van der Waals surface area contributed by atoms with Crippen LogP contribution in [0, 0.1) is 0 Å². The van der Waals surface area contributed by atoms with E-state index < -0.39 is 9.84 Å². The highest BCUT2D eigenvalue weighted by atomic mass is 32.2. The summed E-state index contributed by atoms with van der Waals surface area (Å²) in [6.07, 6.45) is 0. The third-order valence-corrected chi connectivity index (χ3v) is 4.17. The van der Waals surface area contributed by atoms with E-state index in [0.717, 1.165) is 16.7 Å². The summed E-state index contributed by atoms with van der Waals surface area (Å²) in [5, 5.41) is 4.29. The van der Waals surface area contributed by atoms with Gasteiger partial charge in [-0.05, 0) is 24.3 Å². The van der Waals surface area contributed by atoms with Crippen molar-refractivity contribution in [2.24, 2.45) is 5.73 Å².